The lowest BCUT2D eigenvalue weighted by molar-refractivity contribution is -0.393. The number of carboxylic acid groups (broad SMARTS) is 2. The van der Waals surface area contributed by atoms with Gasteiger partial charge in [-0.1, -0.05) is 180 Å². The fourth-order valence-corrected chi connectivity index (χ4v) is 16.8. The van der Waals surface area contributed by atoms with Gasteiger partial charge in [-0.15, -0.1) is 0 Å². The van der Waals surface area contributed by atoms with Crippen LogP contribution in [0.2, 0.25) is 0 Å². The number of carboxylic acids is 2. The lowest BCUT2D eigenvalue weighted by Crippen LogP contribution is -2.71. The van der Waals surface area contributed by atoms with Crippen LogP contribution in [-0.4, -0.2) is 408 Å². The summed E-state index contributed by atoms with van der Waals surface area (Å²) in [6.45, 7) is -2.83. The Bertz CT molecular complexity index is 3220. The molecule has 6 rings (SSSR count). The Morgan fingerprint density at radius 3 is 1.27 bits per heavy atom. The predicted octanol–water partition coefficient (Wildman–Crippen LogP) is -4.90. The molecule has 0 spiro atoms. The second-order valence-electron chi connectivity index (χ2n) is 34.3. The Labute approximate surface area is 744 Å². The number of carbonyl (C=O) groups is 6. The maximum Gasteiger partial charge on any atom is 0.364 e. The van der Waals surface area contributed by atoms with Crippen LogP contribution in [0.1, 0.15) is 220 Å². The molecule has 34 atom stereocenters. The fraction of sp³-hybridized carbons (Fsp3) is 0.905. The van der Waals surface area contributed by atoms with Crippen LogP contribution in [0.5, 0.6) is 0 Å². The molecule has 26 N–H and O–H groups in total. The molecule has 6 fully saturated rings. The zero-order valence-corrected chi connectivity index (χ0v) is 73.7. The van der Waals surface area contributed by atoms with Crippen molar-refractivity contribution in [3.63, 3.8) is 0 Å². The van der Waals surface area contributed by atoms with Gasteiger partial charge in [-0.3, -0.25) is 19.2 Å². The summed E-state index contributed by atoms with van der Waals surface area (Å²) in [5, 5.41) is 255. The number of aliphatic hydroxyl groups is 20. The van der Waals surface area contributed by atoms with E-state index in [2.05, 4.69) is 35.1 Å². The molecule has 6 aliphatic rings. The Morgan fingerprint density at radius 2 is 0.820 bits per heavy atom. The molecule has 44 heteroatoms. The minimum atomic E-state index is -3.47. The summed E-state index contributed by atoms with van der Waals surface area (Å²) >= 11 is 0. The highest BCUT2D eigenvalue weighted by atomic mass is 16.8. The molecule has 0 aromatic heterocycles. The van der Waals surface area contributed by atoms with Crippen molar-refractivity contribution in [2.75, 3.05) is 52.9 Å². The molecule has 6 aliphatic heterocycles. The highest BCUT2D eigenvalue weighted by molar-refractivity contribution is 5.79. The minimum Gasteiger partial charge on any atom is -0.477 e. The monoisotopic (exact) mass is 1850 g/mol. The second kappa shape index (κ2) is 57.2. The molecule has 6 saturated heterocycles. The van der Waals surface area contributed by atoms with E-state index in [9.17, 15) is 141 Å². The minimum absolute atomic E-state index is 0.144. The maximum absolute atomic E-state index is 13.6. The molecule has 4 amide bonds. The average Bonchev–Trinajstić information content (AvgIpc) is 0.750. The molecule has 128 heavy (non-hydrogen) atoms. The van der Waals surface area contributed by atoms with Gasteiger partial charge in [-0.05, 0) is 19.3 Å². The molecule has 6 heterocycles. The van der Waals surface area contributed by atoms with Gasteiger partial charge in [0.15, 0.2) is 25.2 Å². The van der Waals surface area contributed by atoms with Crippen molar-refractivity contribution in [1.29, 1.82) is 0 Å². The molecule has 44 nitrogen and oxygen atoms in total. The Morgan fingerprint density at radius 1 is 0.430 bits per heavy atom. The van der Waals surface area contributed by atoms with Gasteiger partial charge in [0, 0.05) is 33.1 Å². The number of hydrogen-bond acceptors (Lipinski definition) is 38. The van der Waals surface area contributed by atoms with Gasteiger partial charge in [-0.25, -0.2) is 9.59 Å². The number of carbonyl (C=O) groups excluding carboxylic acids is 4. The molecule has 0 saturated carbocycles. The first-order chi connectivity index (χ1) is 61.1. The van der Waals surface area contributed by atoms with Crippen molar-refractivity contribution < 1.29 is 198 Å². The normalized spacial score (nSPS) is 34.9. The van der Waals surface area contributed by atoms with E-state index in [1.54, 1.807) is 6.08 Å². The number of ether oxygens (including phenoxy) is 12. The number of amides is 4. The van der Waals surface area contributed by atoms with E-state index in [4.69, 9.17) is 56.8 Å². The molecule has 0 aromatic carbocycles. The zero-order valence-electron chi connectivity index (χ0n) is 73.7. The third-order valence-corrected chi connectivity index (χ3v) is 24.2. The first-order valence-corrected chi connectivity index (χ1v) is 45.4. The van der Waals surface area contributed by atoms with Gasteiger partial charge in [0.2, 0.25) is 23.6 Å². The van der Waals surface area contributed by atoms with Gasteiger partial charge >= 0.3 is 11.9 Å². The van der Waals surface area contributed by atoms with E-state index in [-0.39, 0.29) is 12.3 Å². The summed E-state index contributed by atoms with van der Waals surface area (Å²) in [6, 6.07) is -6.87. The van der Waals surface area contributed by atoms with Crippen molar-refractivity contribution in [3.8, 4) is 0 Å². The van der Waals surface area contributed by atoms with E-state index >= 15 is 0 Å². The number of aliphatic hydroxyl groups excluding tert-OH is 20. The van der Waals surface area contributed by atoms with Crippen molar-refractivity contribution in [2.45, 2.75) is 428 Å². The van der Waals surface area contributed by atoms with E-state index in [0.29, 0.717) is 12.8 Å². The number of unbranched alkanes of at least 4 members (excludes halogenated alkanes) is 25. The average molecular weight is 1850 g/mol. The molecular weight excluding hydrogens is 1700 g/mol. The number of nitrogens with one attached hydrogen (secondary N) is 4. The molecular formula is C84H148N4O40. The number of aliphatic carboxylic acids is 2. The van der Waals surface area contributed by atoms with Gasteiger partial charge in [-0.2, -0.15) is 0 Å². The molecule has 0 radical (unpaired) electrons. The van der Waals surface area contributed by atoms with Crippen molar-refractivity contribution >= 4 is 35.6 Å². The third kappa shape index (κ3) is 32.8. The summed E-state index contributed by atoms with van der Waals surface area (Å²) < 4.78 is 71.0. The number of hydrogen-bond donors (Lipinski definition) is 26. The van der Waals surface area contributed by atoms with Gasteiger partial charge in [0.05, 0.1) is 82.7 Å². The van der Waals surface area contributed by atoms with E-state index in [0.717, 1.165) is 71.6 Å². The standard InChI is InChI=1S/C84H148N4O40/c1-5-7-9-11-13-15-17-19-20-22-24-26-28-30-32-34-57(102)87-47(48(97)33-31-29-27-25-23-21-18-16-14-12-10-8-6-2)43-117-78-68(110)66(108)73(54(40-92)120-78)125-79-69(111)67(109)72(55(41-93)121-79)123-77-61(86-46(4)96)65(107)71(53(39-91)119-77)124-80-70(112)76(128-84(82(115)116)36-50(99)59(85-45(3)95)74(127-84)62(104)51(100)37-89)64(106)56(122-80)44-118-83(81(113)114)35-49(98)60(88-58(103)42-94)75(126-83)63(105)52(101)38-90/h31,33,47-56,59-80,89-94,97-101,104-112H,5-30,32,34-44H2,1-4H3,(H,85,95)(H,86,96)(H,87,102)(H,88,103)(H,113,114)(H,115,116)/b33-31+/t47-,48+,49-,50-,51+,52+,53+,54+,55+,56+,59+,60+,61+,62+,63+,64-,65+,66+,67+,68+,69+,70+,71-,72-,73+,74+,75+,76-,77-,78+,79-,80-,83+,84-/m0/s1. The van der Waals surface area contributed by atoms with Crippen LogP contribution in [0.15, 0.2) is 12.2 Å². The Kier molecular flexibility index (Phi) is 50.1. The first-order valence-electron chi connectivity index (χ1n) is 45.4. The Balaban J connectivity index is 1.19. The summed E-state index contributed by atoms with van der Waals surface area (Å²) in [7, 11) is 0. The Hall–Kier alpha value is -4.72. The first kappa shape index (κ1) is 112. The maximum atomic E-state index is 13.6. The predicted molar refractivity (Wildman–Crippen MR) is 441 cm³/mol. The van der Waals surface area contributed by atoms with Gasteiger partial charge in [0.1, 0.15) is 141 Å². The second-order valence-corrected chi connectivity index (χ2v) is 34.3. The van der Waals surface area contributed by atoms with Crippen molar-refractivity contribution in [3.05, 3.63) is 12.2 Å². The van der Waals surface area contributed by atoms with Crippen LogP contribution in [0.3, 0.4) is 0 Å². The van der Waals surface area contributed by atoms with Crippen molar-refractivity contribution in [2.24, 2.45) is 0 Å². The van der Waals surface area contributed by atoms with Crippen LogP contribution in [0.25, 0.3) is 0 Å². The van der Waals surface area contributed by atoms with Crippen LogP contribution in [-0.2, 0) is 85.6 Å². The summed E-state index contributed by atoms with van der Waals surface area (Å²) in [4.78, 5) is 78.5. The summed E-state index contributed by atoms with van der Waals surface area (Å²) in [5.74, 6) is -14.7. The SMILES string of the molecule is CCCCCCCCCCCCC/C=C/[C@@H](O)[C@H](CO[C@@H]1O[C@H](CO)[C@@H](O[C@@H]2O[C@H](CO)[C@H](O[C@@H]3O[C@H](CO)[C@H](O[C@@H]4O[C@H](CO[C@]5(C(=O)O)C[C@H](O)[C@@H](NC(=O)CO)[C@H]([C@H](O)[C@H](O)CO)O5)[C@H](O)[C@H](O[C@]5(C(=O)O)C[C@H](O)[C@@H](NC(C)=O)[C@H]([C@H](O)[C@H](O)CO)O5)[C@H]4O)[C@H](O)[C@H]3NC(C)=O)[C@H](O)[C@H]2O)[C@H](O)[C@H]1O)NC(=O)CCCCCCCCCCCCCCCCC. The highest BCUT2D eigenvalue weighted by Crippen LogP contribution is 2.42. The zero-order chi connectivity index (χ0) is 94.5. The molecule has 0 aromatic rings. The van der Waals surface area contributed by atoms with Crippen molar-refractivity contribution in [1.82, 2.24) is 21.3 Å². The largest absolute Gasteiger partial charge is 0.477 e. The molecule has 0 aliphatic carbocycles. The summed E-state index contributed by atoms with van der Waals surface area (Å²) in [6.07, 6.45) is -29.9. The molecule has 0 unspecified atom stereocenters. The lowest BCUT2D eigenvalue weighted by atomic mass is 9.88. The van der Waals surface area contributed by atoms with Gasteiger partial charge in [0.25, 0.3) is 11.6 Å². The van der Waals surface area contributed by atoms with Crippen LogP contribution in [0, 0.1) is 0 Å². The van der Waals surface area contributed by atoms with Crippen LogP contribution < -0.4 is 21.3 Å². The van der Waals surface area contributed by atoms with Crippen LogP contribution in [0.4, 0.5) is 0 Å². The topological polar surface area (TPSA) is 706 Å². The quantitative estimate of drug-likeness (QED) is 0.0200. The van der Waals surface area contributed by atoms with E-state index in [1.165, 1.54) is 103 Å². The van der Waals surface area contributed by atoms with Gasteiger partial charge < -0.3 is 190 Å². The molecule has 0 bridgehead atoms. The third-order valence-electron chi connectivity index (χ3n) is 24.2. The molecule has 744 valence electrons. The van der Waals surface area contributed by atoms with E-state index in [1.807, 2.05) is 6.08 Å². The number of rotatable bonds is 60. The fourth-order valence-electron chi connectivity index (χ4n) is 16.8. The lowest BCUT2D eigenvalue weighted by Gasteiger charge is -2.51. The van der Waals surface area contributed by atoms with E-state index < -0.39 is 303 Å². The summed E-state index contributed by atoms with van der Waals surface area (Å²) in [5.41, 5.74) is 0. The van der Waals surface area contributed by atoms with Crippen LogP contribution >= 0.6 is 0 Å². The number of allylic oxidation sites excluding steroid dienone is 1. The highest BCUT2D eigenvalue weighted by Gasteiger charge is 2.63. The smallest absolute Gasteiger partial charge is 0.364 e.